The van der Waals surface area contributed by atoms with Gasteiger partial charge in [-0.2, -0.15) is 5.10 Å². The minimum Gasteiger partial charge on any atom is -0.508 e. The van der Waals surface area contributed by atoms with E-state index < -0.39 is 0 Å². The molecule has 3 aromatic rings. The van der Waals surface area contributed by atoms with E-state index in [2.05, 4.69) is 16.6 Å². The van der Waals surface area contributed by atoms with Crippen LogP contribution in [0.2, 0.25) is 0 Å². The van der Waals surface area contributed by atoms with Gasteiger partial charge in [0.25, 0.3) is 0 Å². The van der Waals surface area contributed by atoms with Crippen LogP contribution in [0.15, 0.2) is 60.8 Å². The van der Waals surface area contributed by atoms with Crippen molar-refractivity contribution in [2.24, 2.45) is 0 Å². The summed E-state index contributed by atoms with van der Waals surface area (Å²) < 4.78 is 1.90. The fourth-order valence-electron chi connectivity index (χ4n) is 2.61. The molecule has 0 saturated heterocycles. The maximum atomic E-state index is 9.93. The molecule has 2 aromatic carbocycles. The van der Waals surface area contributed by atoms with Crippen molar-refractivity contribution in [3.63, 3.8) is 0 Å². The summed E-state index contributed by atoms with van der Waals surface area (Å²) in [5.41, 5.74) is 4.11. The first-order valence-electron chi connectivity index (χ1n) is 7.77. The zero-order chi connectivity index (χ0) is 16.2. The molecular weight excluding hydrogens is 286 g/mol. The van der Waals surface area contributed by atoms with Gasteiger partial charge in [0.05, 0.1) is 11.4 Å². The van der Waals surface area contributed by atoms with Gasteiger partial charge >= 0.3 is 0 Å². The molecule has 118 valence electrons. The summed E-state index contributed by atoms with van der Waals surface area (Å²) in [6.07, 6.45) is 2.05. The normalized spacial score (nSPS) is 12.3. The summed E-state index contributed by atoms with van der Waals surface area (Å²) in [4.78, 5) is 0. The van der Waals surface area contributed by atoms with Crippen LogP contribution < -0.4 is 5.32 Å². The zero-order valence-electron chi connectivity index (χ0n) is 13.4. The number of benzene rings is 2. The molecule has 1 heterocycles. The number of aromatic nitrogens is 2. The molecular formula is C19H21N3O. The molecule has 0 amide bonds. The topological polar surface area (TPSA) is 50.1 Å². The summed E-state index contributed by atoms with van der Waals surface area (Å²) in [5, 5.41) is 18.0. The average molecular weight is 307 g/mol. The second kappa shape index (κ2) is 6.67. The Hall–Kier alpha value is -2.59. The molecule has 0 aliphatic heterocycles. The van der Waals surface area contributed by atoms with Gasteiger partial charge in [0, 0.05) is 29.9 Å². The van der Waals surface area contributed by atoms with Gasteiger partial charge in [0.2, 0.25) is 0 Å². The van der Waals surface area contributed by atoms with Crippen LogP contribution in [0.25, 0.3) is 5.69 Å². The van der Waals surface area contributed by atoms with Crippen molar-refractivity contribution in [2.45, 2.75) is 26.4 Å². The van der Waals surface area contributed by atoms with Crippen molar-refractivity contribution in [2.75, 3.05) is 0 Å². The predicted molar refractivity (Wildman–Crippen MR) is 91.7 cm³/mol. The van der Waals surface area contributed by atoms with E-state index in [1.165, 1.54) is 0 Å². The molecule has 0 radical (unpaired) electrons. The molecule has 3 rings (SSSR count). The number of hydrogen-bond acceptors (Lipinski definition) is 3. The number of rotatable bonds is 5. The highest BCUT2D eigenvalue weighted by atomic mass is 16.3. The Kier molecular flexibility index (Phi) is 4.44. The lowest BCUT2D eigenvalue weighted by Gasteiger charge is -2.15. The molecule has 4 nitrogen and oxygen atoms in total. The second-order valence-corrected chi connectivity index (χ2v) is 5.68. The third-order valence-corrected chi connectivity index (χ3v) is 4.02. The predicted octanol–water partition coefficient (Wildman–Crippen LogP) is 3.74. The van der Waals surface area contributed by atoms with Crippen molar-refractivity contribution in [1.82, 2.24) is 15.1 Å². The number of nitrogens with zero attached hydrogens (tertiary/aromatic N) is 2. The van der Waals surface area contributed by atoms with Crippen LogP contribution in [0.4, 0.5) is 0 Å². The zero-order valence-corrected chi connectivity index (χ0v) is 13.4. The number of aryl methyl sites for hydroxylation is 1. The largest absolute Gasteiger partial charge is 0.508 e. The summed E-state index contributed by atoms with van der Waals surface area (Å²) in [6, 6.07) is 17.6. The average Bonchev–Trinajstić information content (AvgIpc) is 2.95. The fourth-order valence-corrected chi connectivity index (χ4v) is 2.61. The monoisotopic (exact) mass is 307 g/mol. The van der Waals surface area contributed by atoms with E-state index in [4.69, 9.17) is 0 Å². The molecule has 0 spiro atoms. The van der Waals surface area contributed by atoms with Gasteiger partial charge in [-0.15, -0.1) is 0 Å². The lowest BCUT2D eigenvalue weighted by Crippen LogP contribution is -2.18. The minimum absolute atomic E-state index is 0.0654. The summed E-state index contributed by atoms with van der Waals surface area (Å²) >= 11 is 0. The molecule has 2 N–H and O–H groups in total. The Labute approximate surface area is 136 Å². The number of phenols is 1. The Balaban J connectivity index is 1.72. The second-order valence-electron chi connectivity index (χ2n) is 5.68. The third kappa shape index (κ3) is 3.43. The third-order valence-electron chi connectivity index (χ3n) is 4.02. The Morgan fingerprint density at radius 3 is 2.52 bits per heavy atom. The van der Waals surface area contributed by atoms with Gasteiger partial charge in [-0.25, -0.2) is 4.68 Å². The fraction of sp³-hybridized carbons (Fsp3) is 0.211. The van der Waals surface area contributed by atoms with Crippen LogP contribution >= 0.6 is 0 Å². The maximum absolute atomic E-state index is 9.93. The Morgan fingerprint density at radius 2 is 1.78 bits per heavy atom. The number of hydrogen-bond donors (Lipinski definition) is 2. The van der Waals surface area contributed by atoms with Crippen molar-refractivity contribution in [1.29, 1.82) is 0 Å². The van der Waals surface area contributed by atoms with E-state index in [9.17, 15) is 5.11 Å². The van der Waals surface area contributed by atoms with Crippen LogP contribution in [0.1, 0.15) is 29.8 Å². The number of phenolic OH excluding ortho intramolecular Hbond substituents is 1. The molecule has 23 heavy (non-hydrogen) atoms. The first-order chi connectivity index (χ1) is 11.1. The van der Waals surface area contributed by atoms with Gasteiger partial charge in [0.1, 0.15) is 5.75 Å². The summed E-state index contributed by atoms with van der Waals surface area (Å²) in [6.45, 7) is 4.77. The van der Waals surface area contributed by atoms with Crippen LogP contribution in [0.3, 0.4) is 0 Å². The maximum Gasteiger partial charge on any atom is 0.120 e. The molecule has 0 saturated carbocycles. The van der Waals surface area contributed by atoms with E-state index >= 15 is 0 Å². The summed E-state index contributed by atoms with van der Waals surface area (Å²) in [5.74, 6) is 0.323. The van der Waals surface area contributed by atoms with Gasteiger partial charge in [-0.05, 0) is 32.0 Å². The van der Waals surface area contributed by atoms with E-state index in [-0.39, 0.29) is 6.04 Å². The molecule has 4 heteroatoms. The molecule has 0 aliphatic rings. The highest BCUT2D eigenvalue weighted by Crippen LogP contribution is 2.23. The molecule has 1 aromatic heterocycles. The molecule has 1 atom stereocenters. The van der Waals surface area contributed by atoms with Crippen molar-refractivity contribution in [3.8, 4) is 11.4 Å². The van der Waals surface area contributed by atoms with E-state index in [1.54, 1.807) is 6.07 Å². The van der Waals surface area contributed by atoms with E-state index in [1.807, 2.05) is 67.1 Å². The highest BCUT2D eigenvalue weighted by Gasteiger charge is 2.11. The SMILES string of the molecule is Cc1nn(-c2ccccc2)cc1CNC(C)c1ccccc1O. The smallest absolute Gasteiger partial charge is 0.120 e. The van der Waals surface area contributed by atoms with Crippen LogP contribution in [-0.2, 0) is 6.54 Å². The minimum atomic E-state index is 0.0654. The van der Waals surface area contributed by atoms with Crippen LogP contribution in [-0.4, -0.2) is 14.9 Å². The van der Waals surface area contributed by atoms with E-state index in [0.29, 0.717) is 12.3 Å². The molecule has 1 unspecified atom stereocenters. The van der Waals surface area contributed by atoms with Gasteiger partial charge in [-0.1, -0.05) is 36.4 Å². The first kappa shape index (κ1) is 15.3. The van der Waals surface area contributed by atoms with Gasteiger partial charge < -0.3 is 10.4 Å². The molecule has 0 fully saturated rings. The van der Waals surface area contributed by atoms with Gasteiger partial charge in [-0.3, -0.25) is 0 Å². The van der Waals surface area contributed by atoms with Crippen molar-refractivity contribution in [3.05, 3.63) is 77.6 Å². The lowest BCUT2D eigenvalue weighted by atomic mass is 10.1. The van der Waals surface area contributed by atoms with Crippen molar-refractivity contribution < 1.29 is 5.11 Å². The quantitative estimate of drug-likeness (QED) is 0.755. The number of aromatic hydroxyl groups is 1. The van der Waals surface area contributed by atoms with Crippen molar-refractivity contribution >= 4 is 0 Å². The first-order valence-corrected chi connectivity index (χ1v) is 7.77. The number of para-hydroxylation sites is 2. The Bertz CT molecular complexity index is 780. The highest BCUT2D eigenvalue weighted by molar-refractivity contribution is 5.35. The molecule has 0 bridgehead atoms. The van der Waals surface area contributed by atoms with Gasteiger partial charge in [0.15, 0.2) is 0 Å². The van der Waals surface area contributed by atoms with E-state index in [0.717, 1.165) is 22.5 Å². The van der Waals surface area contributed by atoms with Crippen LogP contribution in [0.5, 0.6) is 5.75 Å². The van der Waals surface area contributed by atoms with Crippen LogP contribution in [0, 0.1) is 6.92 Å². The summed E-state index contributed by atoms with van der Waals surface area (Å²) in [7, 11) is 0. The standard InChI is InChI=1S/C19H21N3O/c1-14-16(13-22(21-14)17-8-4-3-5-9-17)12-20-15(2)18-10-6-7-11-19(18)23/h3-11,13,15,20,23H,12H2,1-2H3. The molecule has 0 aliphatic carbocycles. The number of nitrogens with one attached hydrogen (secondary N) is 1. The Morgan fingerprint density at radius 1 is 1.09 bits per heavy atom. The lowest BCUT2D eigenvalue weighted by molar-refractivity contribution is 0.452.